The lowest BCUT2D eigenvalue weighted by Crippen LogP contribution is -2.19. The number of nitrogens with one attached hydrogen (secondary N) is 1. The number of phenols is 2. The van der Waals surface area contributed by atoms with Gasteiger partial charge in [0.1, 0.15) is 11.5 Å². The zero-order valence-electron chi connectivity index (χ0n) is 13.8. The van der Waals surface area contributed by atoms with Gasteiger partial charge in [-0.15, -0.1) is 0 Å². The molecule has 3 N–H and O–H groups in total. The maximum atomic E-state index is 12.2. The van der Waals surface area contributed by atoms with E-state index in [4.69, 9.17) is 0 Å². The first-order valence-electron chi connectivity index (χ1n) is 7.52. The largest absolute Gasteiger partial charge is 0.507 e. The number of benzene rings is 2. The number of carbonyl (C=O) groups excluding carboxylic acids is 1. The molecular formula is C18H14Br2N2O3S. The van der Waals surface area contributed by atoms with E-state index >= 15 is 0 Å². The monoisotopic (exact) mass is 496 g/mol. The third-order valence-corrected chi connectivity index (χ3v) is 6.48. The van der Waals surface area contributed by atoms with Gasteiger partial charge in [-0.1, -0.05) is 15.9 Å². The molecule has 2 aromatic rings. The van der Waals surface area contributed by atoms with E-state index in [-0.39, 0.29) is 17.4 Å². The number of nitrogens with zero attached hydrogens (tertiary/aromatic N) is 1. The van der Waals surface area contributed by atoms with E-state index in [2.05, 4.69) is 42.2 Å². The summed E-state index contributed by atoms with van der Waals surface area (Å²) < 4.78 is 1.47. The molecule has 5 nitrogen and oxygen atoms in total. The highest BCUT2D eigenvalue weighted by Gasteiger charge is 2.24. The standard InChI is InChI=1S/C18H14Br2N2O3S/c1-8-3-11(4-9(2)16(8)20)21-18-22-17(25)15(26-18)6-10-5-12(19)14(24)7-13(10)23/h3-7,23-24H,1-2H3,(H,21,22,25)/b15-6-. The van der Waals surface area contributed by atoms with Crippen LogP contribution < -0.4 is 5.32 Å². The molecule has 1 saturated heterocycles. The lowest BCUT2D eigenvalue weighted by atomic mass is 10.1. The fourth-order valence-electron chi connectivity index (χ4n) is 2.41. The molecule has 1 amide bonds. The molecule has 1 aliphatic heterocycles. The number of halogens is 2. The highest BCUT2D eigenvalue weighted by molar-refractivity contribution is 9.10. The van der Waals surface area contributed by atoms with Crippen LogP contribution in [0.15, 0.2) is 43.1 Å². The third kappa shape index (κ3) is 3.97. The van der Waals surface area contributed by atoms with Crippen LogP contribution in [0.2, 0.25) is 0 Å². The summed E-state index contributed by atoms with van der Waals surface area (Å²) in [6.07, 6.45) is 1.56. The summed E-state index contributed by atoms with van der Waals surface area (Å²) in [5.74, 6) is -0.476. The van der Waals surface area contributed by atoms with Crippen molar-refractivity contribution < 1.29 is 15.0 Å². The van der Waals surface area contributed by atoms with Crippen LogP contribution >= 0.6 is 43.6 Å². The van der Waals surface area contributed by atoms with Crippen molar-refractivity contribution in [1.29, 1.82) is 0 Å². The van der Waals surface area contributed by atoms with E-state index in [0.29, 0.717) is 20.1 Å². The van der Waals surface area contributed by atoms with E-state index in [1.54, 1.807) is 12.1 Å². The van der Waals surface area contributed by atoms with Crippen molar-refractivity contribution in [1.82, 2.24) is 5.32 Å². The fourth-order valence-corrected chi connectivity index (χ4v) is 3.83. The van der Waals surface area contributed by atoms with E-state index in [1.165, 1.54) is 17.8 Å². The van der Waals surface area contributed by atoms with Crippen molar-refractivity contribution in [3.63, 3.8) is 0 Å². The van der Waals surface area contributed by atoms with Crippen LogP contribution in [0.4, 0.5) is 5.69 Å². The van der Waals surface area contributed by atoms with E-state index in [9.17, 15) is 15.0 Å². The van der Waals surface area contributed by atoms with Crippen molar-refractivity contribution >= 4 is 66.5 Å². The van der Waals surface area contributed by atoms with E-state index in [0.717, 1.165) is 21.3 Å². The molecule has 0 radical (unpaired) electrons. The predicted molar refractivity (Wildman–Crippen MR) is 112 cm³/mol. The molecule has 2 aromatic carbocycles. The van der Waals surface area contributed by atoms with Gasteiger partial charge in [-0.05, 0) is 76.9 Å². The van der Waals surface area contributed by atoms with Crippen molar-refractivity contribution in [2.75, 3.05) is 0 Å². The van der Waals surface area contributed by atoms with Crippen molar-refractivity contribution in [3.8, 4) is 11.5 Å². The van der Waals surface area contributed by atoms with Crippen LogP contribution in [-0.4, -0.2) is 21.3 Å². The summed E-state index contributed by atoms with van der Waals surface area (Å²) in [5, 5.41) is 22.7. The number of aromatic hydroxyl groups is 2. The molecule has 26 heavy (non-hydrogen) atoms. The summed E-state index contributed by atoms with van der Waals surface area (Å²) in [6.45, 7) is 3.97. The van der Waals surface area contributed by atoms with Gasteiger partial charge >= 0.3 is 0 Å². The Balaban J connectivity index is 1.91. The lowest BCUT2D eigenvalue weighted by Gasteiger charge is -2.05. The van der Waals surface area contributed by atoms with Crippen LogP contribution in [0.1, 0.15) is 16.7 Å². The highest BCUT2D eigenvalue weighted by atomic mass is 79.9. The minimum absolute atomic E-state index is 0.0728. The van der Waals surface area contributed by atoms with Gasteiger partial charge in [0.2, 0.25) is 0 Å². The summed E-state index contributed by atoms with van der Waals surface area (Å²) in [6, 6.07) is 6.63. The van der Waals surface area contributed by atoms with Crippen LogP contribution in [0, 0.1) is 13.8 Å². The number of aryl methyl sites for hydroxylation is 2. The predicted octanol–water partition coefficient (Wildman–Crippen LogP) is 5.13. The third-order valence-electron chi connectivity index (χ3n) is 3.69. The van der Waals surface area contributed by atoms with Gasteiger partial charge in [0.15, 0.2) is 5.17 Å². The molecule has 0 bridgehead atoms. The van der Waals surface area contributed by atoms with Gasteiger partial charge in [-0.3, -0.25) is 4.79 Å². The Morgan fingerprint density at radius 3 is 2.38 bits per heavy atom. The molecule has 0 atom stereocenters. The number of hydrogen-bond acceptors (Lipinski definition) is 5. The van der Waals surface area contributed by atoms with Gasteiger partial charge in [-0.25, -0.2) is 4.99 Å². The smallest absolute Gasteiger partial charge is 0.264 e. The Bertz CT molecular complexity index is 964. The molecule has 0 aromatic heterocycles. The van der Waals surface area contributed by atoms with Crippen molar-refractivity contribution in [2.45, 2.75) is 13.8 Å². The van der Waals surface area contributed by atoms with Crippen LogP contribution in [0.25, 0.3) is 6.08 Å². The first kappa shape index (κ1) is 19.0. The normalized spacial score (nSPS) is 17.2. The maximum absolute atomic E-state index is 12.2. The number of amidine groups is 1. The molecule has 0 saturated carbocycles. The van der Waals surface area contributed by atoms with Gasteiger partial charge in [0, 0.05) is 16.1 Å². The Morgan fingerprint density at radius 1 is 1.08 bits per heavy atom. The zero-order valence-corrected chi connectivity index (χ0v) is 17.8. The van der Waals surface area contributed by atoms with Crippen molar-refractivity contribution in [2.24, 2.45) is 4.99 Å². The molecule has 0 unspecified atom stereocenters. The minimum atomic E-state index is -0.289. The first-order chi connectivity index (χ1) is 12.2. The van der Waals surface area contributed by atoms with Crippen LogP contribution in [0.5, 0.6) is 11.5 Å². The fraction of sp³-hybridized carbons (Fsp3) is 0.111. The van der Waals surface area contributed by atoms with Crippen LogP contribution in [-0.2, 0) is 4.79 Å². The number of amides is 1. The SMILES string of the molecule is Cc1cc(N=C2NC(=O)/C(=C/c3cc(Br)c(O)cc3O)S2)cc(C)c1Br. The number of hydrogen-bond donors (Lipinski definition) is 3. The second-order valence-corrected chi connectivity index (χ2v) is 8.42. The summed E-state index contributed by atoms with van der Waals surface area (Å²) in [5.41, 5.74) is 3.30. The maximum Gasteiger partial charge on any atom is 0.264 e. The summed E-state index contributed by atoms with van der Waals surface area (Å²) in [4.78, 5) is 17.1. The van der Waals surface area contributed by atoms with Gasteiger partial charge < -0.3 is 15.5 Å². The summed E-state index contributed by atoms with van der Waals surface area (Å²) >= 11 is 7.91. The Labute approximate surface area is 171 Å². The first-order valence-corrected chi connectivity index (χ1v) is 9.92. The lowest BCUT2D eigenvalue weighted by molar-refractivity contribution is -0.115. The molecule has 3 rings (SSSR count). The zero-order chi connectivity index (χ0) is 19.0. The molecule has 1 fully saturated rings. The molecular weight excluding hydrogens is 484 g/mol. The highest BCUT2D eigenvalue weighted by Crippen LogP contribution is 2.35. The van der Waals surface area contributed by atoms with Crippen molar-refractivity contribution in [3.05, 3.63) is 54.8 Å². The van der Waals surface area contributed by atoms with E-state index < -0.39 is 0 Å². The molecule has 8 heteroatoms. The Hall–Kier alpha value is -1.77. The Morgan fingerprint density at radius 2 is 1.73 bits per heavy atom. The Kier molecular flexibility index (Phi) is 5.45. The average Bonchev–Trinajstić information content (AvgIpc) is 2.89. The number of phenolic OH excluding ortho intramolecular Hbond substituents is 2. The van der Waals surface area contributed by atoms with Gasteiger partial charge in [-0.2, -0.15) is 0 Å². The number of rotatable bonds is 2. The number of carbonyl (C=O) groups is 1. The number of thioether (sulfide) groups is 1. The number of aliphatic imine (C=N–C) groups is 1. The van der Waals surface area contributed by atoms with Gasteiger partial charge in [0.05, 0.1) is 15.1 Å². The quantitative estimate of drug-likeness (QED) is 0.502. The molecule has 1 heterocycles. The minimum Gasteiger partial charge on any atom is -0.507 e. The average molecular weight is 498 g/mol. The topological polar surface area (TPSA) is 81.9 Å². The molecule has 0 aliphatic carbocycles. The molecule has 1 aliphatic rings. The van der Waals surface area contributed by atoms with Gasteiger partial charge in [0.25, 0.3) is 5.91 Å². The molecule has 0 spiro atoms. The van der Waals surface area contributed by atoms with Crippen LogP contribution in [0.3, 0.4) is 0 Å². The summed E-state index contributed by atoms with van der Waals surface area (Å²) in [7, 11) is 0. The second kappa shape index (κ2) is 7.46. The second-order valence-electron chi connectivity index (χ2n) is 5.74. The molecule has 134 valence electrons. The van der Waals surface area contributed by atoms with E-state index in [1.807, 2.05) is 26.0 Å².